The molecule has 19 heavy (non-hydrogen) atoms. The molecule has 0 saturated heterocycles. The van der Waals surface area contributed by atoms with Crippen molar-refractivity contribution in [1.82, 2.24) is 4.57 Å². The summed E-state index contributed by atoms with van der Waals surface area (Å²) < 4.78 is 2.19. The largest absolute Gasteiger partial charge is 0.478 e. The first kappa shape index (κ1) is 13.7. The van der Waals surface area contributed by atoms with Gasteiger partial charge in [-0.3, -0.25) is 0 Å². The van der Waals surface area contributed by atoms with E-state index in [4.69, 9.17) is 0 Å². The number of fused-ring (bicyclic) bond motifs is 1. The maximum atomic E-state index is 11.3. The highest BCUT2D eigenvalue weighted by molar-refractivity contribution is 5.97. The summed E-state index contributed by atoms with van der Waals surface area (Å²) >= 11 is 0. The SMILES string of the molecule is CCc1c(C)n(C)c2c(C(C)C)cc(C(=O)O)cc12. The van der Waals surface area contributed by atoms with E-state index in [0.717, 1.165) is 17.4 Å². The smallest absolute Gasteiger partial charge is 0.335 e. The van der Waals surface area contributed by atoms with Crippen molar-refractivity contribution in [3.63, 3.8) is 0 Å². The molecule has 0 unspecified atom stereocenters. The molecule has 0 fully saturated rings. The molecule has 102 valence electrons. The Balaban J connectivity index is 2.95. The van der Waals surface area contributed by atoms with Crippen molar-refractivity contribution < 1.29 is 9.90 Å². The van der Waals surface area contributed by atoms with Gasteiger partial charge in [0, 0.05) is 18.1 Å². The number of aryl methyl sites for hydroxylation is 2. The maximum absolute atomic E-state index is 11.3. The number of carboxylic acids is 1. The van der Waals surface area contributed by atoms with Gasteiger partial charge in [0.25, 0.3) is 0 Å². The lowest BCUT2D eigenvalue weighted by Gasteiger charge is -2.11. The summed E-state index contributed by atoms with van der Waals surface area (Å²) in [6.45, 7) is 8.43. The Kier molecular flexibility index (Phi) is 3.40. The Morgan fingerprint density at radius 3 is 2.47 bits per heavy atom. The molecule has 3 nitrogen and oxygen atoms in total. The highest BCUT2D eigenvalue weighted by Crippen LogP contribution is 2.33. The second-order valence-corrected chi connectivity index (χ2v) is 5.40. The van der Waals surface area contributed by atoms with Gasteiger partial charge in [-0.1, -0.05) is 20.8 Å². The van der Waals surface area contributed by atoms with Gasteiger partial charge in [-0.25, -0.2) is 4.79 Å². The quantitative estimate of drug-likeness (QED) is 0.909. The van der Waals surface area contributed by atoms with Crippen molar-refractivity contribution in [2.24, 2.45) is 7.05 Å². The molecule has 0 bridgehead atoms. The van der Waals surface area contributed by atoms with Crippen molar-refractivity contribution in [1.29, 1.82) is 0 Å². The minimum absolute atomic E-state index is 0.305. The molecular weight excluding hydrogens is 238 g/mol. The van der Waals surface area contributed by atoms with E-state index >= 15 is 0 Å². The fourth-order valence-corrected chi connectivity index (χ4v) is 2.84. The number of nitrogens with zero attached hydrogens (tertiary/aromatic N) is 1. The van der Waals surface area contributed by atoms with Crippen molar-refractivity contribution in [2.45, 2.75) is 40.0 Å². The number of hydrogen-bond donors (Lipinski definition) is 1. The fourth-order valence-electron chi connectivity index (χ4n) is 2.84. The number of aromatic carboxylic acids is 1. The first-order valence-corrected chi connectivity index (χ1v) is 6.73. The zero-order valence-corrected chi connectivity index (χ0v) is 12.2. The summed E-state index contributed by atoms with van der Waals surface area (Å²) in [5, 5.41) is 10.4. The molecule has 0 saturated carbocycles. The molecule has 3 heteroatoms. The molecule has 0 spiro atoms. The number of benzene rings is 1. The van der Waals surface area contributed by atoms with E-state index in [2.05, 4.69) is 39.3 Å². The van der Waals surface area contributed by atoms with Crippen LogP contribution in [0.3, 0.4) is 0 Å². The van der Waals surface area contributed by atoms with Gasteiger partial charge in [0.15, 0.2) is 0 Å². The fraction of sp³-hybridized carbons (Fsp3) is 0.438. The third-order valence-corrected chi connectivity index (χ3v) is 3.96. The average molecular weight is 259 g/mol. The lowest BCUT2D eigenvalue weighted by Crippen LogP contribution is -2.01. The summed E-state index contributed by atoms with van der Waals surface area (Å²) in [6, 6.07) is 3.63. The van der Waals surface area contributed by atoms with Crippen LogP contribution in [0.1, 0.15) is 53.9 Å². The molecular formula is C16H21NO2. The third kappa shape index (κ3) is 2.03. The topological polar surface area (TPSA) is 42.2 Å². The monoisotopic (exact) mass is 259 g/mol. The minimum atomic E-state index is -0.854. The molecule has 1 N–H and O–H groups in total. The van der Waals surface area contributed by atoms with Gasteiger partial charge < -0.3 is 9.67 Å². The van der Waals surface area contributed by atoms with Crippen LogP contribution in [0.15, 0.2) is 12.1 Å². The molecule has 2 rings (SSSR count). The Hall–Kier alpha value is -1.77. The summed E-state index contributed by atoms with van der Waals surface area (Å²) in [5.74, 6) is -0.549. The normalized spacial score (nSPS) is 11.5. The average Bonchev–Trinajstić information content (AvgIpc) is 2.60. The number of aromatic nitrogens is 1. The van der Waals surface area contributed by atoms with E-state index in [-0.39, 0.29) is 0 Å². The molecule has 1 heterocycles. The predicted octanol–water partition coefficient (Wildman–Crippen LogP) is 3.87. The zero-order valence-electron chi connectivity index (χ0n) is 12.2. The molecule has 1 aromatic heterocycles. The van der Waals surface area contributed by atoms with Crippen LogP contribution >= 0.6 is 0 Å². The lowest BCUT2D eigenvalue weighted by molar-refractivity contribution is 0.0697. The first-order valence-electron chi connectivity index (χ1n) is 6.73. The van der Waals surface area contributed by atoms with Crippen LogP contribution in [-0.2, 0) is 13.5 Å². The first-order chi connectivity index (χ1) is 8.88. The molecule has 2 aromatic rings. The Morgan fingerprint density at radius 1 is 1.37 bits per heavy atom. The molecule has 1 aromatic carbocycles. The van der Waals surface area contributed by atoms with Crippen LogP contribution in [0.4, 0.5) is 0 Å². The van der Waals surface area contributed by atoms with Gasteiger partial charge in [0.1, 0.15) is 0 Å². The number of rotatable bonds is 3. The summed E-state index contributed by atoms with van der Waals surface area (Å²) in [7, 11) is 2.06. The standard InChI is InChI=1S/C16H21NO2/c1-6-12-10(4)17(5)15-13(9(2)3)7-11(16(18)19)8-14(12)15/h7-9H,6H2,1-5H3,(H,18,19). The van der Waals surface area contributed by atoms with Crippen molar-refractivity contribution in [2.75, 3.05) is 0 Å². The Morgan fingerprint density at radius 2 is 2.00 bits per heavy atom. The van der Waals surface area contributed by atoms with Gasteiger partial charge in [-0.15, -0.1) is 0 Å². The summed E-state index contributed by atoms with van der Waals surface area (Å²) in [6.07, 6.45) is 0.920. The maximum Gasteiger partial charge on any atom is 0.335 e. The molecule has 0 aliphatic carbocycles. The highest BCUT2D eigenvalue weighted by Gasteiger charge is 2.18. The van der Waals surface area contributed by atoms with Crippen molar-refractivity contribution in [3.05, 3.63) is 34.5 Å². The van der Waals surface area contributed by atoms with Gasteiger partial charge in [-0.2, -0.15) is 0 Å². The van der Waals surface area contributed by atoms with Crippen molar-refractivity contribution >= 4 is 16.9 Å². The van der Waals surface area contributed by atoms with Crippen LogP contribution in [0.5, 0.6) is 0 Å². The molecule has 0 aliphatic heterocycles. The number of carboxylic acid groups (broad SMARTS) is 1. The van der Waals surface area contributed by atoms with Crippen LogP contribution in [0, 0.1) is 6.92 Å². The van der Waals surface area contributed by atoms with Crippen LogP contribution < -0.4 is 0 Å². The van der Waals surface area contributed by atoms with E-state index < -0.39 is 5.97 Å². The zero-order chi connectivity index (χ0) is 14.3. The van der Waals surface area contributed by atoms with E-state index in [1.165, 1.54) is 16.8 Å². The Labute approximate surface area is 113 Å². The number of hydrogen-bond acceptors (Lipinski definition) is 1. The molecule has 0 aliphatic rings. The van der Waals surface area contributed by atoms with Gasteiger partial charge in [-0.05, 0) is 42.5 Å². The van der Waals surface area contributed by atoms with Crippen LogP contribution in [0.25, 0.3) is 10.9 Å². The molecule has 0 radical (unpaired) electrons. The summed E-state index contributed by atoms with van der Waals surface area (Å²) in [5.41, 5.74) is 5.15. The van der Waals surface area contributed by atoms with Gasteiger partial charge in [0.2, 0.25) is 0 Å². The van der Waals surface area contributed by atoms with E-state index in [1.54, 1.807) is 0 Å². The van der Waals surface area contributed by atoms with E-state index in [0.29, 0.717) is 11.5 Å². The molecule has 0 amide bonds. The predicted molar refractivity (Wildman–Crippen MR) is 78.1 cm³/mol. The van der Waals surface area contributed by atoms with Gasteiger partial charge >= 0.3 is 5.97 Å². The molecule has 0 atom stereocenters. The number of carbonyl (C=O) groups is 1. The highest BCUT2D eigenvalue weighted by atomic mass is 16.4. The van der Waals surface area contributed by atoms with Crippen LogP contribution in [-0.4, -0.2) is 15.6 Å². The van der Waals surface area contributed by atoms with Crippen LogP contribution in [0.2, 0.25) is 0 Å². The second-order valence-electron chi connectivity index (χ2n) is 5.40. The lowest BCUT2D eigenvalue weighted by atomic mass is 9.96. The Bertz CT molecular complexity index is 651. The summed E-state index contributed by atoms with van der Waals surface area (Å²) in [4.78, 5) is 11.3. The second kappa shape index (κ2) is 4.72. The third-order valence-electron chi connectivity index (χ3n) is 3.96. The minimum Gasteiger partial charge on any atom is -0.478 e. The van der Waals surface area contributed by atoms with Gasteiger partial charge in [0.05, 0.1) is 11.1 Å². The van der Waals surface area contributed by atoms with Crippen molar-refractivity contribution in [3.8, 4) is 0 Å². The van der Waals surface area contributed by atoms with E-state index in [9.17, 15) is 9.90 Å². The van der Waals surface area contributed by atoms with E-state index in [1.807, 2.05) is 12.1 Å².